The molecule has 0 N–H and O–H groups in total. The second-order valence-electron chi connectivity index (χ2n) is 3.92. The van der Waals surface area contributed by atoms with E-state index in [4.69, 9.17) is 0 Å². The van der Waals surface area contributed by atoms with Crippen LogP contribution in [0.5, 0.6) is 0 Å². The smallest absolute Gasteiger partial charge is 0.0835 e. The van der Waals surface area contributed by atoms with Gasteiger partial charge in [-0.25, -0.2) is 4.68 Å². The van der Waals surface area contributed by atoms with E-state index in [1.54, 1.807) is 0 Å². The first-order valence-corrected chi connectivity index (χ1v) is 6.49. The van der Waals surface area contributed by atoms with Crippen molar-refractivity contribution in [1.82, 2.24) is 15.0 Å². The van der Waals surface area contributed by atoms with Crippen LogP contribution in [0.4, 0.5) is 0 Å². The van der Waals surface area contributed by atoms with Gasteiger partial charge in [0.1, 0.15) is 0 Å². The molecule has 14 heavy (non-hydrogen) atoms. The van der Waals surface area contributed by atoms with Crippen molar-refractivity contribution in [2.45, 2.75) is 44.6 Å². The van der Waals surface area contributed by atoms with Gasteiger partial charge in [0.15, 0.2) is 0 Å². The number of aromatic nitrogens is 3. The van der Waals surface area contributed by atoms with Crippen LogP contribution in [-0.4, -0.2) is 20.3 Å². The van der Waals surface area contributed by atoms with Gasteiger partial charge in [-0.2, -0.15) is 0 Å². The van der Waals surface area contributed by atoms with E-state index >= 15 is 0 Å². The van der Waals surface area contributed by atoms with Crippen molar-refractivity contribution in [2.24, 2.45) is 0 Å². The average molecular weight is 258 g/mol. The highest BCUT2D eigenvalue weighted by Gasteiger charge is 2.16. The first-order chi connectivity index (χ1) is 6.90. The summed E-state index contributed by atoms with van der Waals surface area (Å²) in [6.07, 6.45) is 9.72. The second-order valence-corrected chi connectivity index (χ2v) is 4.71. The Kier molecular flexibility index (Phi) is 3.56. The Labute approximate surface area is 93.0 Å². The lowest BCUT2D eigenvalue weighted by atomic mass is 9.96. The summed E-state index contributed by atoms with van der Waals surface area (Å²) < 4.78 is 2.07. The molecule has 0 aromatic carbocycles. The molecule has 78 valence electrons. The molecule has 1 aromatic heterocycles. The van der Waals surface area contributed by atoms with Crippen LogP contribution >= 0.6 is 15.9 Å². The number of rotatable bonds is 3. The standard InChI is InChI=1S/C10H16BrN3/c11-7-6-9-8-14(13-12-9)10-4-2-1-3-5-10/h8,10H,1-7H2. The Morgan fingerprint density at radius 3 is 2.86 bits per heavy atom. The van der Waals surface area contributed by atoms with Crippen LogP contribution in [-0.2, 0) is 6.42 Å². The largest absolute Gasteiger partial charge is 0.249 e. The van der Waals surface area contributed by atoms with Crippen molar-refractivity contribution in [1.29, 1.82) is 0 Å². The lowest BCUT2D eigenvalue weighted by Gasteiger charge is -2.20. The van der Waals surface area contributed by atoms with Gasteiger partial charge in [-0.3, -0.25) is 0 Å². The Morgan fingerprint density at radius 1 is 1.36 bits per heavy atom. The van der Waals surface area contributed by atoms with Gasteiger partial charge >= 0.3 is 0 Å². The third-order valence-electron chi connectivity index (χ3n) is 2.86. The molecule has 1 aromatic rings. The normalized spacial score (nSPS) is 18.6. The van der Waals surface area contributed by atoms with Crippen LogP contribution in [0.3, 0.4) is 0 Å². The summed E-state index contributed by atoms with van der Waals surface area (Å²) in [5.41, 5.74) is 1.10. The molecule has 0 amide bonds. The van der Waals surface area contributed by atoms with Crippen LogP contribution < -0.4 is 0 Å². The summed E-state index contributed by atoms with van der Waals surface area (Å²) in [5, 5.41) is 9.34. The fraction of sp³-hybridized carbons (Fsp3) is 0.800. The van der Waals surface area contributed by atoms with E-state index in [1.807, 2.05) is 0 Å². The van der Waals surface area contributed by atoms with Crippen molar-refractivity contribution in [2.75, 3.05) is 5.33 Å². The van der Waals surface area contributed by atoms with Crippen molar-refractivity contribution < 1.29 is 0 Å². The molecule has 1 fully saturated rings. The molecule has 2 rings (SSSR count). The van der Waals surface area contributed by atoms with E-state index in [9.17, 15) is 0 Å². The van der Waals surface area contributed by atoms with Gasteiger partial charge in [0.05, 0.1) is 11.7 Å². The van der Waals surface area contributed by atoms with E-state index in [0.717, 1.165) is 17.4 Å². The number of hydrogen-bond donors (Lipinski definition) is 0. The Bertz CT molecular complexity index is 279. The lowest BCUT2D eigenvalue weighted by Crippen LogP contribution is -2.13. The maximum absolute atomic E-state index is 4.20. The van der Waals surface area contributed by atoms with E-state index in [2.05, 4.69) is 37.1 Å². The molecular formula is C10H16BrN3. The highest BCUT2D eigenvalue weighted by Crippen LogP contribution is 2.27. The zero-order valence-electron chi connectivity index (χ0n) is 8.32. The van der Waals surface area contributed by atoms with Crippen molar-refractivity contribution in [3.63, 3.8) is 0 Å². The van der Waals surface area contributed by atoms with Gasteiger partial charge in [0.2, 0.25) is 0 Å². The van der Waals surface area contributed by atoms with Gasteiger partial charge in [-0.1, -0.05) is 40.4 Å². The molecule has 3 nitrogen and oxygen atoms in total. The third kappa shape index (κ3) is 2.35. The third-order valence-corrected chi connectivity index (χ3v) is 3.25. The molecule has 0 atom stereocenters. The lowest BCUT2D eigenvalue weighted by molar-refractivity contribution is 0.324. The molecule has 0 unspecified atom stereocenters. The highest BCUT2D eigenvalue weighted by molar-refractivity contribution is 9.09. The molecule has 0 bridgehead atoms. The van der Waals surface area contributed by atoms with E-state index in [1.165, 1.54) is 32.1 Å². The predicted molar refractivity (Wildman–Crippen MR) is 59.6 cm³/mol. The highest BCUT2D eigenvalue weighted by atomic mass is 79.9. The molecular weight excluding hydrogens is 242 g/mol. The van der Waals surface area contributed by atoms with Gasteiger partial charge < -0.3 is 0 Å². The van der Waals surface area contributed by atoms with Crippen molar-refractivity contribution in [3.05, 3.63) is 11.9 Å². The van der Waals surface area contributed by atoms with E-state index < -0.39 is 0 Å². The van der Waals surface area contributed by atoms with E-state index in [-0.39, 0.29) is 0 Å². The Morgan fingerprint density at radius 2 is 2.14 bits per heavy atom. The Balaban J connectivity index is 2.00. The quantitative estimate of drug-likeness (QED) is 0.780. The number of alkyl halides is 1. The molecule has 1 saturated carbocycles. The minimum absolute atomic E-state index is 0.611. The van der Waals surface area contributed by atoms with Crippen LogP contribution in [0.1, 0.15) is 43.8 Å². The molecule has 0 saturated heterocycles. The minimum atomic E-state index is 0.611. The van der Waals surface area contributed by atoms with Crippen molar-refractivity contribution in [3.8, 4) is 0 Å². The monoisotopic (exact) mass is 257 g/mol. The number of hydrogen-bond acceptors (Lipinski definition) is 2. The van der Waals surface area contributed by atoms with Gasteiger partial charge in [-0.15, -0.1) is 5.10 Å². The zero-order chi connectivity index (χ0) is 9.80. The van der Waals surface area contributed by atoms with Crippen LogP contribution in [0.25, 0.3) is 0 Å². The Hall–Kier alpha value is -0.380. The molecule has 1 heterocycles. The van der Waals surface area contributed by atoms with Crippen molar-refractivity contribution >= 4 is 15.9 Å². The summed E-state index contributed by atoms with van der Waals surface area (Å²) >= 11 is 3.41. The van der Waals surface area contributed by atoms with E-state index in [0.29, 0.717) is 6.04 Å². The van der Waals surface area contributed by atoms with Gasteiger partial charge in [0, 0.05) is 17.9 Å². The number of halogens is 1. The maximum atomic E-state index is 4.20. The molecule has 1 aliphatic carbocycles. The van der Waals surface area contributed by atoms with Gasteiger partial charge in [0.25, 0.3) is 0 Å². The van der Waals surface area contributed by atoms with Crippen LogP contribution in [0.15, 0.2) is 6.20 Å². The van der Waals surface area contributed by atoms with Gasteiger partial charge in [-0.05, 0) is 12.8 Å². The second kappa shape index (κ2) is 4.91. The zero-order valence-corrected chi connectivity index (χ0v) is 9.91. The first-order valence-electron chi connectivity index (χ1n) is 5.37. The molecule has 0 spiro atoms. The van der Waals surface area contributed by atoms with Crippen LogP contribution in [0, 0.1) is 0 Å². The summed E-state index contributed by atoms with van der Waals surface area (Å²) in [6.45, 7) is 0. The molecule has 0 aliphatic heterocycles. The number of nitrogens with zero attached hydrogens (tertiary/aromatic N) is 3. The SMILES string of the molecule is BrCCc1cn(C2CCCCC2)nn1. The minimum Gasteiger partial charge on any atom is -0.249 e. The summed E-state index contributed by atoms with van der Waals surface area (Å²) in [7, 11) is 0. The number of aryl methyl sites for hydroxylation is 1. The van der Waals surface area contributed by atoms with Crippen LogP contribution in [0.2, 0.25) is 0 Å². The fourth-order valence-electron chi connectivity index (χ4n) is 2.05. The fourth-order valence-corrected chi connectivity index (χ4v) is 2.46. The molecule has 0 radical (unpaired) electrons. The molecule has 1 aliphatic rings. The first kappa shape index (κ1) is 10.1. The summed E-state index contributed by atoms with van der Waals surface area (Å²) in [6, 6.07) is 0.611. The predicted octanol–water partition coefficient (Wildman–Crippen LogP) is 2.72. The molecule has 4 heteroatoms. The average Bonchev–Trinajstić information content (AvgIpc) is 2.68. The topological polar surface area (TPSA) is 30.7 Å². The summed E-state index contributed by atoms with van der Waals surface area (Å²) in [4.78, 5) is 0. The summed E-state index contributed by atoms with van der Waals surface area (Å²) in [5.74, 6) is 0. The maximum Gasteiger partial charge on any atom is 0.0835 e.